The van der Waals surface area contributed by atoms with Crippen molar-refractivity contribution in [2.75, 3.05) is 11.9 Å². The van der Waals surface area contributed by atoms with Crippen LogP contribution in [0, 0.1) is 28.7 Å². The highest BCUT2D eigenvalue weighted by Gasteiger charge is 2.19. The molecule has 0 aliphatic rings. The number of aliphatic hydroxyl groups is 1. The topological polar surface area (TPSA) is 88.3 Å². The number of benzene rings is 2. The van der Waals surface area contributed by atoms with Crippen molar-refractivity contribution in [1.82, 2.24) is 4.98 Å². The van der Waals surface area contributed by atoms with E-state index >= 15 is 0 Å². The van der Waals surface area contributed by atoms with Gasteiger partial charge in [-0.25, -0.2) is 13.8 Å². The van der Waals surface area contributed by atoms with Gasteiger partial charge in [0.2, 0.25) is 0 Å². The number of rotatable bonds is 5. The maximum Gasteiger partial charge on any atom is 0.295 e. The largest absolute Gasteiger partial charge is 0.386 e. The van der Waals surface area contributed by atoms with Crippen LogP contribution in [-0.4, -0.2) is 21.6 Å². The number of aryl methyl sites for hydroxylation is 1. The first-order valence-electron chi connectivity index (χ1n) is 7.79. The van der Waals surface area contributed by atoms with E-state index in [2.05, 4.69) is 10.3 Å². The molecule has 1 aromatic heterocycles. The zero-order valence-electron chi connectivity index (χ0n) is 13.7. The average molecular weight is 359 g/mol. The quantitative estimate of drug-likeness (QED) is 0.533. The number of pyridine rings is 1. The second kappa shape index (κ2) is 7.01. The first kappa shape index (κ1) is 17.7. The van der Waals surface area contributed by atoms with Gasteiger partial charge < -0.3 is 10.4 Å². The summed E-state index contributed by atoms with van der Waals surface area (Å²) in [5.41, 5.74) is 0.635. The van der Waals surface area contributed by atoms with Gasteiger partial charge in [0.15, 0.2) is 5.52 Å². The molecule has 1 unspecified atom stereocenters. The van der Waals surface area contributed by atoms with Crippen molar-refractivity contribution >= 4 is 22.3 Å². The summed E-state index contributed by atoms with van der Waals surface area (Å²) >= 11 is 0. The molecule has 134 valence electrons. The number of aromatic nitrogens is 1. The van der Waals surface area contributed by atoms with E-state index in [1.165, 1.54) is 18.2 Å². The molecule has 0 saturated heterocycles. The van der Waals surface area contributed by atoms with E-state index < -0.39 is 28.2 Å². The van der Waals surface area contributed by atoms with E-state index in [0.29, 0.717) is 16.8 Å². The minimum Gasteiger partial charge on any atom is -0.386 e. The fourth-order valence-electron chi connectivity index (χ4n) is 2.79. The molecule has 26 heavy (non-hydrogen) atoms. The second-order valence-electron chi connectivity index (χ2n) is 5.77. The number of nitrogens with one attached hydrogen (secondary N) is 1. The Morgan fingerprint density at radius 2 is 1.88 bits per heavy atom. The molecule has 6 nitrogen and oxygen atoms in total. The van der Waals surface area contributed by atoms with Crippen LogP contribution in [0.15, 0.2) is 42.5 Å². The van der Waals surface area contributed by atoms with E-state index in [-0.39, 0.29) is 17.7 Å². The zero-order valence-corrected chi connectivity index (χ0v) is 13.7. The molecule has 2 aromatic carbocycles. The molecule has 1 atom stereocenters. The summed E-state index contributed by atoms with van der Waals surface area (Å²) in [5.74, 6) is -1.68. The van der Waals surface area contributed by atoms with Crippen molar-refractivity contribution < 1.29 is 18.8 Å². The number of nitrogens with zero attached hydrogens (tertiary/aromatic N) is 2. The molecular formula is C18H15F2N3O3. The molecule has 1 heterocycles. The number of aliphatic hydroxyl groups excluding tert-OH is 1. The lowest BCUT2D eigenvalue weighted by Gasteiger charge is -2.16. The van der Waals surface area contributed by atoms with Crippen LogP contribution in [0.5, 0.6) is 0 Å². The number of fused-ring (bicyclic) bond motifs is 1. The van der Waals surface area contributed by atoms with Crippen molar-refractivity contribution in [1.29, 1.82) is 0 Å². The summed E-state index contributed by atoms with van der Waals surface area (Å²) in [6, 6.07) is 9.52. The van der Waals surface area contributed by atoms with E-state index in [1.807, 2.05) is 0 Å². The highest BCUT2D eigenvalue weighted by atomic mass is 19.1. The summed E-state index contributed by atoms with van der Waals surface area (Å²) in [6.45, 7) is 1.49. The monoisotopic (exact) mass is 359 g/mol. The van der Waals surface area contributed by atoms with Crippen molar-refractivity contribution in [3.63, 3.8) is 0 Å². The van der Waals surface area contributed by atoms with Crippen LogP contribution in [-0.2, 0) is 0 Å². The van der Waals surface area contributed by atoms with E-state index in [1.54, 1.807) is 19.1 Å². The first-order chi connectivity index (χ1) is 12.4. The third-order valence-corrected chi connectivity index (χ3v) is 3.96. The Morgan fingerprint density at radius 3 is 2.54 bits per heavy atom. The Bertz CT molecular complexity index is 975. The Morgan fingerprint density at radius 1 is 1.23 bits per heavy atom. The number of hydrogen-bond acceptors (Lipinski definition) is 5. The van der Waals surface area contributed by atoms with E-state index in [0.717, 1.165) is 12.1 Å². The number of nitro benzene ring substituents is 1. The normalized spacial score (nSPS) is 12.2. The molecule has 0 aliphatic carbocycles. The Kier molecular flexibility index (Phi) is 4.77. The summed E-state index contributed by atoms with van der Waals surface area (Å²) in [7, 11) is 0. The van der Waals surface area contributed by atoms with Crippen LogP contribution in [0.3, 0.4) is 0 Å². The van der Waals surface area contributed by atoms with Crippen LogP contribution in [0.25, 0.3) is 10.9 Å². The van der Waals surface area contributed by atoms with Gasteiger partial charge in [0, 0.05) is 29.4 Å². The van der Waals surface area contributed by atoms with Gasteiger partial charge in [0.05, 0.1) is 10.5 Å². The molecular weight excluding hydrogens is 344 g/mol. The molecule has 0 spiro atoms. The fraction of sp³-hybridized carbons (Fsp3) is 0.167. The molecule has 2 N–H and O–H groups in total. The van der Waals surface area contributed by atoms with Gasteiger partial charge in [-0.3, -0.25) is 10.1 Å². The van der Waals surface area contributed by atoms with Crippen molar-refractivity contribution in [2.45, 2.75) is 13.0 Å². The van der Waals surface area contributed by atoms with Gasteiger partial charge >= 0.3 is 0 Å². The Hall–Kier alpha value is -3.13. The third kappa shape index (κ3) is 3.31. The maximum absolute atomic E-state index is 13.8. The van der Waals surface area contributed by atoms with Crippen LogP contribution in [0.2, 0.25) is 0 Å². The second-order valence-corrected chi connectivity index (χ2v) is 5.77. The molecule has 0 bridgehead atoms. The minimum absolute atomic E-state index is 0.144. The van der Waals surface area contributed by atoms with Crippen LogP contribution in [0.1, 0.15) is 17.4 Å². The smallest absolute Gasteiger partial charge is 0.295 e. The van der Waals surface area contributed by atoms with Crippen LogP contribution < -0.4 is 5.32 Å². The number of halogens is 2. The molecule has 0 radical (unpaired) electrons. The SMILES string of the molecule is Cc1cc(NCC(O)c2c(F)cccc2F)c2cccc([N+](=O)[O-])c2n1. The molecule has 0 saturated carbocycles. The number of para-hydroxylation sites is 1. The van der Waals surface area contributed by atoms with Crippen molar-refractivity contribution in [3.05, 3.63) is 75.5 Å². The molecule has 3 aromatic rings. The van der Waals surface area contributed by atoms with Crippen molar-refractivity contribution in [3.8, 4) is 0 Å². The minimum atomic E-state index is -1.43. The summed E-state index contributed by atoms with van der Waals surface area (Å²) in [4.78, 5) is 14.9. The molecule has 0 fully saturated rings. The molecule has 3 rings (SSSR count). The lowest BCUT2D eigenvalue weighted by Crippen LogP contribution is -2.15. The standard InChI is InChI=1S/C18H15F2N3O3/c1-10-8-14(11-4-2-7-15(23(25)26)18(11)22-10)21-9-16(24)17-12(19)5-3-6-13(17)20/h2-8,16,24H,9H2,1H3,(H,21,22). The number of hydrogen-bond donors (Lipinski definition) is 2. The zero-order chi connectivity index (χ0) is 18.8. The number of anilines is 1. The van der Waals surface area contributed by atoms with Crippen LogP contribution >= 0.6 is 0 Å². The van der Waals surface area contributed by atoms with E-state index in [9.17, 15) is 24.0 Å². The summed E-state index contributed by atoms with van der Waals surface area (Å²) in [6.07, 6.45) is -1.43. The Labute approximate surface area is 147 Å². The fourth-order valence-corrected chi connectivity index (χ4v) is 2.79. The van der Waals surface area contributed by atoms with Gasteiger partial charge in [-0.15, -0.1) is 0 Å². The highest BCUT2D eigenvalue weighted by Crippen LogP contribution is 2.30. The molecule has 8 heteroatoms. The summed E-state index contributed by atoms with van der Waals surface area (Å²) < 4.78 is 27.5. The van der Waals surface area contributed by atoms with Gasteiger partial charge in [-0.2, -0.15) is 0 Å². The van der Waals surface area contributed by atoms with Gasteiger partial charge in [0.25, 0.3) is 5.69 Å². The lowest BCUT2D eigenvalue weighted by atomic mass is 10.1. The lowest BCUT2D eigenvalue weighted by molar-refractivity contribution is -0.383. The number of non-ortho nitro benzene ring substituents is 1. The van der Waals surface area contributed by atoms with Crippen LogP contribution in [0.4, 0.5) is 20.2 Å². The average Bonchev–Trinajstić information content (AvgIpc) is 2.58. The van der Waals surface area contributed by atoms with Gasteiger partial charge in [0.1, 0.15) is 17.7 Å². The predicted molar refractivity (Wildman–Crippen MR) is 92.9 cm³/mol. The molecule has 0 aliphatic heterocycles. The van der Waals surface area contributed by atoms with Gasteiger partial charge in [-0.05, 0) is 25.1 Å². The molecule has 0 amide bonds. The first-order valence-corrected chi connectivity index (χ1v) is 7.79. The van der Waals surface area contributed by atoms with Gasteiger partial charge in [-0.1, -0.05) is 18.2 Å². The van der Waals surface area contributed by atoms with E-state index in [4.69, 9.17) is 0 Å². The Balaban J connectivity index is 1.94. The highest BCUT2D eigenvalue weighted by molar-refractivity contribution is 5.96. The third-order valence-electron chi connectivity index (χ3n) is 3.96. The van der Waals surface area contributed by atoms with Crippen molar-refractivity contribution in [2.24, 2.45) is 0 Å². The maximum atomic E-state index is 13.8. The number of nitro groups is 1. The summed E-state index contributed by atoms with van der Waals surface area (Å²) in [5, 5.41) is 24.7. The predicted octanol–water partition coefficient (Wildman–Crippen LogP) is 3.88.